The standard InChI is InChI=1S/C19H32N4O2.HI/c1-6-20-18(22-14-17(24)23-19(3,4)5)21-12-9-13-25-16-11-8-7-10-15(16)2;/h7-8,10-11H,6,9,12-14H2,1-5H3,(H,23,24)(H2,20,21,22);1H. The number of rotatable bonds is 8. The first-order valence-corrected chi connectivity index (χ1v) is 8.83. The fraction of sp³-hybridized carbons (Fsp3) is 0.579. The van der Waals surface area contributed by atoms with Crippen LogP contribution in [0.15, 0.2) is 29.3 Å². The molecule has 0 saturated carbocycles. The van der Waals surface area contributed by atoms with Crippen molar-refractivity contribution in [1.29, 1.82) is 0 Å². The number of hydrogen-bond acceptors (Lipinski definition) is 3. The molecule has 0 saturated heterocycles. The van der Waals surface area contributed by atoms with Crippen molar-refractivity contribution in [2.24, 2.45) is 4.99 Å². The quantitative estimate of drug-likeness (QED) is 0.234. The molecule has 0 spiro atoms. The third-order valence-corrected chi connectivity index (χ3v) is 3.20. The summed E-state index contributed by atoms with van der Waals surface area (Å²) in [4.78, 5) is 16.1. The van der Waals surface area contributed by atoms with Crippen LogP contribution in [0.5, 0.6) is 5.75 Å². The SMILES string of the molecule is CCNC(=NCC(=O)NC(C)(C)C)NCCCOc1ccccc1C.I. The Morgan fingerprint density at radius 3 is 2.50 bits per heavy atom. The second kappa shape index (κ2) is 12.8. The zero-order valence-corrected chi connectivity index (χ0v) is 18.8. The Hall–Kier alpha value is -1.51. The van der Waals surface area contributed by atoms with Crippen molar-refractivity contribution in [3.05, 3.63) is 29.8 Å². The van der Waals surface area contributed by atoms with Gasteiger partial charge in [0.25, 0.3) is 0 Å². The molecule has 1 rings (SSSR count). The van der Waals surface area contributed by atoms with Gasteiger partial charge in [0.1, 0.15) is 12.3 Å². The molecule has 0 aliphatic heterocycles. The summed E-state index contributed by atoms with van der Waals surface area (Å²) >= 11 is 0. The van der Waals surface area contributed by atoms with E-state index >= 15 is 0 Å². The Kier molecular flexibility index (Phi) is 12.0. The molecule has 0 unspecified atom stereocenters. The van der Waals surface area contributed by atoms with Crippen molar-refractivity contribution in [2.75, 3.05) is 26.2 Å². The maximum atomic E-state index is 11.8. The second-order valence-electron chi connectivity index (χ2n) is 6.89. The Morgan fingerprint density at radius 1 is 1.19 bits per heavy atom. The summed E-state index contributed by atoms with van der Waals surface area (Å²) in [5.74, 6) is 1.47. The van der Waals surface area contributed by atoms with Crippen LogP contribution in [0, 0.1) is 6.92 Å². The molecule has 0 heterocycles. The summed E-state index contributed by atoms with van der Waals surface area (Å²) in [6, 6.07) is 7.98. The van der Waals surface area contributed by atoms with Crippen molar-refractivity contribution < 1.29 is 9.53 Å². The number of amides is 1. The lowest BCUT2D eigenvalue weighted by Gasteiger charge is -2.20. The smallest absolute Gasteiger partial charge is 0.242 e. The number of hydrogen-bond donors (Lipinski definition) is 3. The van der Waals surface area contributed by atoms with Gasteiger partial charge < -0.3 is 20.7 Å². The minimum atomic E-state index is -0.245. The van der Waals surface area contributed by atoms with Crippen LogP contribution in [0.3, 0.4) is 0 Å². The van der Waals surface area contributed by atoms with Crippen molar-refractivity contribution >= 4 is 35.8 Å². The maximum absolute atomic E-state index is 11.8. The van der Waals surface area contributed by atoms with Gasteiger partial charge in [-0.3, -0.25) is 4.79 Å². The second-order valence-corrected chi connectivity index (χ2v) is 6.89. The molecule has 3 N–H and O–H groups in total. The number of halogens is 1. The van der Waals surface area contributed by atoms with Crippen molar-refractivity contribution in [3.8, 4) is 5.75 Å². The van der Waals surface area contributed by atoms with E-state index in [0.29, 0.717) is 12.6 Å². The molecular weight excluding hydrogens is 443 g/mol. The number of carbonyl (C=O) groups excluding carboxylic acids is 1. The molecule has 0 aromatic heterocycles. The topological polar surface area (TPSA) is 74.8 Å². The van der Waals surface area contributed by atoms with Gasteiger partial charge in [-0.1, -0.05) is 18.2 Å². The van der Waals surface area contributed by atoms with Gasteiger partial charge in [-0.05, 0) is 52.7 Å². The highest BCUT2D eigenvalue weighted by Crippen LogP contribution is 2.15. The Morgan fingerprint density at radius 2 is 1.88 bits per heavy atom. The minimum Gasteiger partial charge on any atom is -0.493 e. The van der Waals surface area contributed by atoms with E-state index in [0.717, 1.165) is 30.8 Å². The Labute approximate surface area is 174 Å². The van der Waals surface area contributed by atoms with Gasteiger partial charge in [0.05, 0.1) is 6.61 Å². The molecule has 26 heavy (non-hydrogen) atoms. The summed E-state index contributed by atoms with van der Waals surface area (Å²) in [6.45, 7) is 12.1. The molecule has 0 aliphatic carbocycles. The van der Waals surface area contributed by atoms with Gasteiger partial charge in [0.15, 0.2) is 5.96 Å². The number of benzene rings is 1. The number of aryl methyl sites for hydroxylation is 1. The predicted octanol–water partition coefficient (Wildman–Crippen LogP) is 2.85. The largest absolute Gasteiger partial charge is 0.493 e. The van der Waals surface area contributed by atoms with E-state index in [1.165, 1.54) is 0 Å². The van der Waals surface area contributed by atoms with Crippen LogP contribution >= 0.6 is 24.0 Å². The van der Waals surface area contributed by atoms with Crippen LogP contribution in [-0.4, -0.2) is 43.6 Å². The summed E-state index contributed by atoms with van der Waals surface area (Å²) < 4.78 is 5.77. The highest BCUT2D eigenvalue weighted by Gasteiger charge is 2.13. The lowest BCUT2D eigenvalue weighted by Crippen LogP contribution is -2.43. The Balaban J connectivity index is 0.00000625. The van der Waals surface area contributed by atoms with Gasteiger partial charge in [-0.2, -0.15) is 0 Å². The van der Waals surface area contributed by atoms with Crippen LogP contribution in [0.25, 0.3) is 0 Å². The fourth-order valence-electron chi connectivity index (χ4n) is 2.13. The number of para-hydroxylation sites is 1. The van der Waals surface area contributed by atoms with E-state index in [2.05, 4.69) is 20.9 Å². The molecule has 0 aliphatic rings. The first-order valence-electron chi connectivity index (χ1n) is 8.83. The van der Waals surface area contributed by atoms with Gasteiger partial charge in [-0.15, -0.1) is 24.0 Å². The van der Waals surface area contributed by atoms with E-state index in [1.807, 2.05) is 58.9 Å². The van der Waals surface area contributed by atoms with Crippen LogP contribution in [0.4, 0.5) is 0 Å². The van der Waals surface area contributed by atoms with E-state index in [4.69, 9.17) is 4.74 Å². The number of nitrogens with zero attached hydrogens (tertiary/aromatic N) is 1. The molecular formula is C19H33IN4O2. The molecule has 1 aromatic carbocycles. The van der Waals surface area contributed by atoms with E-state index in [1.54, 1.807) is 0 Å². The lowest BCUT2D eigenvalue weighted by molar-refractivity contribution is -0.121. The van der Waals surface area contributed by atoms with Crippen molar-refractivity contribution in [3.63, 3.8) is 0 Å². The third-order valence-electron chi connectivity index (χ3n) is 3.20. The van der Waals surface area contributed by atoms with Crippen molar-refractivity contribution in [2.45, 2.75) is 46.6 Å². The number of ether oxygens (including phenoxy) is 1. The average molecular weight is 476 g/mol. The summed E-state index contributed by atoms with van der Waals surface area (Å²) in [6.07, 6.45) is 0.840. The molecule has 148 valence electrons. The van der Waals surface area contributed by atoms with Gasteiger partial charge in [0, 0.05) is 18.6 Å². The van der Waals surface area contributed by atoms with Gasteiger partial charge in [-0.25, -0.2) is 4.99 Å². The number of nitrogens with one attached hydrogen (secondary N) is 3. The average Bonchev–Trinajstić information content (AvgIpc) is 2.52. The third kappa shape index (κ3) is 11.2. The molecule has 6 nitrogen and oxygen atoms in total. The van der Waals surface area contributed by atoms with Crippen LogP contribution in [0.1, 0.15) is 39.7 Å². The van der Waals surface area contributed by atoms with E-state index in [9.17, 15) is 4.79 Å². The number of carbonyl (C=O) groups is 1. The van der Waals surface area contributed by atoms with Crippen LogP contribution < -0.4 is 20.7 Å². The minimum absolute atomic E-state index is 0. The highest BCUT2D eigenvalue weighted by atomic mass is 127. The molecule has 1 aromatic rings. The van der Waals surface area contributed by atoms with Crippen LogP contribution in [-0.2, 0) is 4.79 Å². The van der Waals surface area contributed by atoms with E-state index in [-0.39, 0.29) is 42.0 Å². The van der Waals surface area contributed by atoms with E-state index < -0.39 is 0 Å². The predicted molar refractivity (Wildman–Crippen MR) is 119 cm³/mol. The van der Waals surface area contributed by atoms with Gasteiger partial charge in [0.2, 0.25) is 5.91 Å². The summed E-state index contributed by atoms with van der Waals surface area (Å²) in [7, 11) is 0. The Bertz CT molecular complexity index is 571. The molecule has 0 fully saturated rings. The summed E-state index contributed by atoms with van der Waals surface area (Å²) in [5, 5.41) is 9.25. The zero-order valence-electron chi connectivity index (χ0n) is 16.5. The molecule has 0 radical (unpaired) electrons. The summed E-state index contributed by atoms with van der Waals surface area (Å²) in [5.41, 5.74) is 0.890. The molecule has 0 bridgehead atoms. The van der Waals surface area contributed by atoms with Crippen LogP contribution in [0.2, 0.25) is 0 Å². The maximum Gasteiger partial charge on any atom is 0.242 e. The molecule has 7 heteroatoms. The normalized spacial score (nSPS) is 11.3. The highest BCUT2D eigenvalue weighted by molar-refractivity contribution is 14.0. The van der Waals surface area contributed by atoms with Crippen molar-refractivity contribution in [1.82, 2.24) is 16.0 Å². The number of aliphatic imine (C=N–C) groups is 1. The fourth-order valence-corrected chi connectivity index (χ4v) is 2.13. The molecule has 0 atom stereocenters. The molecule has 1 amide bonds. The van der Waals surface area contributed by atoms with Gasteiger partial charge >= 0.3 is 0 Å². The number of guanidine groups is 1. The first-order chi connectivity index (χ1) is 11.8. The zero-order chi connectivity index (χ0) is 18.7. The monoisotopic (exact) mass is 476 g/mol. The lowest BCUT2D eigenvalue weighted by atomic mass is 10.1. The first kappa shape index (κ1) is 24.5.